The molecule has 1 aliphatic heterocycles. The quantitative estimate of drug-likeness (QED) is 0.741. The summed E-state index contributed by atoms with van der Waals surface area (Å²) in [5.41, 5.74) is 0. The fourth-order valence-electron chi connectivity index (χ4n) is 2.10. The second-order valence-corrected chi connectivity index (χ2v) is 6.41. The van der Waals surface area contributed by atoms with Gasteiger partial charge in [0, 0.05) is 13.0 Å². The minimum Gasteiger partial charge on any atom is -0.481 e. The van der Waals surface area contributed by atoms with Crippen LogP contribution in [0.25, 0.3) is 0 Å². The Bertz CT molecular complexity index is 580. The number of aryl methyl sites for hydroxylation is 1. The lowest BCUT2D eigenvalue weighted by Gasteiger charge is -2.13. The van der Waals surface area contributed by atoms with E-state index in [0.29, 0.717) is 5.82 Å². The predicted molar refractivity (Wildman–Crippen MR) is 65.9 cm³/mol. The van der Waals surface area contributed by atoms with Gasteiger partial charge in [0.15, 0.2) is 5.82 Å². The Balaban J connectivity index is 2.04. The molecule has 0 fully saturated rings. The first-order valence-electron chi connectivity index (χ1n) is 6.03. The van der Waals surface area contributed by atoms with E-state index in [-0.39, 0.29) is 0 Å². The minimum absolute atomic E-state index is 0.417. The van der Waals surface area contributed by atoms with Gasteiger partial charge in [0.1, 0.15) is 5.82 Å². The molecule has 0 amide bonds. The SMILES string of the molecule is CC(NS(=O)(=O)CCC(=O)O)c1nnc2n1CCC2. The normalized spacial score (nSPS) is 16.3. The highest BCUT2D eigenvalue weighted by molar-refractivity contribution is 7.89. The molecule has 2 N–H and O–H groups in total. The molecule has 1 atom stereocenters. The monoisotopic (exact) mass is 288 g/mol. The molecule has 1 aliphatic rings. The van der Waals surface area contributed by atoms with Gasteiger partial charge in [0.05, 0.1) is 18.2 Å². The van der Waals surface area contributed by atoms with Gasteiger partial charge in [-0.1, -0.05) is 0 Å². The number of aromatic nitrogens is 3. The van der Waals surface area contributed by atoms with E-state index in [2.05, 4.69) is 14.9 Å². The van der Waals surface area contributed by atoms with Crippen LogP contribution in [-0.4, -0.2) is 40.0 Å². The molecule has 0 spiro atoms. The van der Waals surface area contributed by atoms with E-state index in [0.717, 1.165) is 25.2 Å². The summed E-state index contributed by atoms with van der Waals surface area (Å²) >= 11 is 0. The van der Waals surface area contributed by atoms with Crippen LogP contribution < -0.4 is 4.72 Å². The van der Waals surface area contributed by atoms with Crippen molar-refractivity contribution in [3.63, 3.8) is 0 Å². The van der Waals surface area contributed by atoms with Crippen molar-refractivity contribution in [2.75, 3.05) is 5.75 Å². The Morgan fingerprint density at radius 1 is 1.53 bits per heavy atom. The van der Waals surface area contributed by atoms with E-state index in [4.69, 9.17) is 5.11 Å². The lowest BCUT2D eigenvalue weighted by molar-refractivity contribution is -0.136. The number of hydrogen-bond donors (Lipinski definition) is 2. The van der Waals surface area contributed by atoms with Crippen LogP contribution in [0.15, 0.2) is 0 Å². The highest BCUT2D eigenvalue weighted by Gasteiger charge is 2.24. The molecule has 0 aliphatic carbocycles. The van der Waals surface area contributed by atoms with Gasteiger partial charge >= 0.3 is 5.97 Å². The van der Waals surface area contributed by atoms with Crippen LogP contribution in [0.5, 0.6) is 0 Å². The van der Waals surface area contributed by atoms with E-state index < -0.39 is 34.2 Å². The predicted octanol–water partition coefficient (Wildman–Crippen LogP) is -0.321. The second-order valence-electron chi connectivity index (χ2n) is 4.53. The van der Waals surface area contributed by atoms with Crippen molar-refractivity contribution in [1.82, 2.24) is 19.5 Å². The number of nitrogens with zero attached hydrogens (tertiary/aromatic N) is 3. The van der Waals surface area contributed by atoms with Crippen LogP contribution in [0.2, 0.25) is 0 Å². The van der Waals surface area contributed by atoms with Gasteiger partial charge in [-0.3, -0.25) is 4.79 Å². The third-order valence-electron chi connectivity index (χ3n) is 2.97. The van der Waals surface area contributed by atoms with E-state index >= 15 is 0 Å². The number of rotatable bonds is 6. The fraction of sp³-hybridized carbons (Fsp3) is 0.700. The molecule has 1 aromatic rings. The largest absolute Gasteiger partial charge is 0.481 e. The number of carboxylic acid groups (broad SMARTS) is 1. The minimum atomic E-state index is -3.63. The van der Waals surface area contributed by atoms with Crippen molar-refractivity contribution in [2.45, 2.75) is 38.8 Å². The van der Waals surface area contributed by atoms with Crippen LogP contribution >= 0.6 is 0 Å². The topological polar surface area (TPSA) is 114 Å². The number of aliphatic carboxylic acids is 1. The standard InChI is InChI=1S/C10H16N4O4S/c1-7(13-19(17,18)6-4-9(15)16)10-12-11-8-3-2-5-14(8)10/h7,13H,2-6H2,1H3,(H,15,16). The van der Waals surface area contributed by atoms with Gasteiger partial charge in [0.2, 0.25) is 10.0 Å². The number of hydrogen-bond acceptors (Lipinski definition) is 5. The highest BCUT2D eigenvalue weighted by atomic mass is 32.2. The zero-order chi connectivity index (χ0) is 14.0. The van der Waals surface area contributed by atoms with Crippen molar-refractivity contribution >= 4 is 16.0 Å². The molecule has 1 aromatic heterocycles. The van der Waals surface area contributed by atoms with E-state index in [1.54, 1.807) is 6.92 Å². The Morgan fingerprint density at radius 2 is 2.26 bits per heavy atom. The summed E-state index contributed by atoms with van der Waals surface area (Å²) in [6.45, 7) is 2.47. The van der Waals surface area contributed by atoms with Crippen molar-refractivity contribution in [3.05, 3.63) is 11.6 Å². The third-order valence-corrected chi connectivity index (χ3v) is 4.42. The number of sulfonamides is 1. The number of carbonyl (C=O) groups is 1. The molecule has 0 aromatic carbocycles. The van der Waals surface area contributed by atoms with Crippen molar-refractivity contribution in [2.24, 2.45) is 0 Å². The van der Waals surface area contributed by atoms with Gasteiger partial charge in [-0.25, -0.2) is 13.1 Å². The molecular formula is C10H16N4O4S. The van der Waals surface area contributed by atoms with Crippen molar-refractivity contribution in [1.29, 1.82) is 0 Å². The first-order valence-corrected chi connectivity index (χ1v) is 7.68. The van der Waals surface area contributed by atoms with Crippen LogP contribution in [-0.2, 0) is 27.8 Å². The summed E-state index contributed by atoms with van der Waals surface area (Å²) in [5, 5.41) is 16.5. The molecule has 0 radical (unpaired) electrons. The third kappa shape index (κ3) is 3.29. The molecule has 0 saturated carbocycles. The lowest BCUT2D eigenvalue weighted by Crippen LogP contribution is -2.31. The molecule has 2 heterocycles. The van der Waals surface area contributed by atoms with Gasteiger partial charge in [0.25, 0.3) is 0 Å². The first kappa shape index (κ1) is 13.9. The van der Waals surface area contributed by atoms with Crippen LogP contribution in [0.1, 0.15) is 37.5 Å². The second kappa shape index (κ2) is 5.25. The summed E-state index contributed by atoms with van der Waals surface area (Å²) in [6.07, 6.45) is 1.42. The Labute approximate surface area is 110 Å². The van der Waals surface area contributed by atoms with Crippen LogP contribution in [0.4, 0.5) is 0 Å². The molecule has 19 heavy (non-hydrogen) atoms. The smallest absolute Gasteiger partial charge is 0.304 e. The lowest BCUT2D eigenvalue weighted by atomic mass is 10.3. The van der Waals surface area contributed by atoms with E-state index in [9.17, 15) is 13.2 Å². The molecule has 1 unspecified atom stereocenters. The molecule has 2 rings (SSSR count). The van der Waals surface area contributed by atoms with E-state index in [1.165, 1.54) is 0 Å². The summed E-state index contributed by atoms with van der Waals surface area (Å²) in [7, 11) is -3.63. The summed E-state index contributed by atoms with van der Waals surface area (Å²) in [5.74, 6) is -0.132. The Kier molecular flexibility index (Phi) is 3.85. The van der Waals surface area contributed by atoms with Crippen molar-refractivity contribution in [3.8, 4) is 0 Å². The fourth-order valence-corrected chi connectivity index (χ4v) is 3.30. The summed E-state index contributed by atoms with van der Waals surface area (Å²) < 4.78 is 27.8. The van der Waals surface area contributed by atoms with Crippen LogP contribution in [0, 0.1) is 0 Å². The van der Waals surface area contributed by atoms with Gasteiger partial charge in [-0.15, -0.1) is 10.2 Å². The Morgan fingerprint density at radius 3 is 2.95 bits per heavy atom. The number of nitrogens with one attached hydrogen (secondary N) is 1. The Hall–Kier alpha value is -1.48. The molecule has 0 bridgehead atoms. The van der Waals surface area contributed by atoms with Gasteiger partial charge in [-0.05, 0) is 13.3 Å². The van der Waals surface area contributed by atoms with Crippen molar-refractivity contribution < 1.29 is 18.3 Å². The average Bonchev–Trinajstić information content (AvgIpc) is 2.86. The van der Waals surface area contributed by atoms with Crippen LogP contribution in [0.3, 0.4) is 0 Å². The molecule has 9 heteroatoms. The number of carboxylic acids is 1. The maximum Gasteiger partial charge on any atom is 0.304 e. The summed E-state index contributed by atoms with van der Waals surface area (Å²) in [6, 6.07) is -0.516. The zero-order valence-electron chi connectivity index (χ0n) is 10.5. The maximum atomic E-state index is 11.7. The molecule has 106 valence electrons. The van der Waals surface area contributed by atoms with E-state index in [1.807, 2.05) is 4.57 Å². The van der Waals surface area contributed by atoms with Gasteiger partial charge in [-0.2, -0.15) is 0 Å². The zero-order valence-corrected chi connectivity index (χ0v) is 11.4. The average molecular weight is 288 g/mol. The highest BCUT2D eigenvalue weighted by Crippen LogP contribution is 2.19. The number of fused-ring (bicyclic) bond motifs is 1. The molecule has 8 nitrogen and oxygen atoms in total. The summed E-state index contributed by atoms with van der Waals surface area (Å²) in [4.78, 5) is 10.4. The molecule has 0 saturated heterocycles. The molecular weight excluding hydrogens is 272 g/mol. The van der Waals surface area contributed by atoms with Gasteiger partial charge < -0.3 is 9.67 Å². The first-order chi connectivity index (χ1) is 8.89. The maximum absolute atomic E-state index is 11.7.